The van der Waals surface area contributed by atoms with Gasteiger partial charge in [-0.3, -0.25) is 10.1 Å². The second kappa shape index (κ2) is 11.2. The van der Waals surface area contributed by atoms with Crippen molar-refractivity contribution in [3.63, 3.8) is 0 Å². The fourth-order valence-corrected chi connectivity index (χ4v) is 2.89. The van der Waals surface area contributed by atoms with Gasteiger partial charge in [-0.1, -0.05) is 25.1 Å². The number of Topliss-reactive ketones (excluding diaryl/α,β-unsaturated/α-hetero) is 1. The molecule has 0 spiro atoms. The van der Waals surface area contributed by atoms with Crippen LogP contribution in [0.4, 0.5) is 10.5 Å². The van der Waals surface area contributed by atoms with Gasteiger partial charge in [-0.05, 0) is 49.6 Å². The van der Waals surface area contributed by atoms with Crippen LogP contribution in [0.25, 0.3) is 0 Å². The summed E-state index contributed by atoms with van der Waals surface area (Å²) in [5.41, 5.74) is 1.70. The van der Waals surface area contributed by atoms with Gasteiger partial charge in [0.2, 0.25) is 0 Å². The molecule has 0 heterocycles. The lowest BCUT2D eigenvalue weighted by Crippen LogP contribution is -2.23. The number of hydrogen-bond donors (Lipinski definition) is 3. The molecule has 0 unspecified atom stereocenters. The average molecular weight is 401 g/mol. The first-order valence-electron chi connectivity index (χ1n) is 9.48. The van der Waals surface area contributed by atoms with Crippen molar-refractivity contribution in [2.45, 2.75) is 26.4 Å². The minimum absolute atomic E-state index is 0.0468. The summed E-state index contributed by atoms with van der Waals surface area (Å²) in [5, 5.41) is 21.0. The molecule has 0 saturated carbocycles. The second-order valence-corrected chi connectivity index (χ2v) is 6.68. The minimum atomic E-state index is -0.660. The summed E-state index contributed by atoms with van der Waals surface area (Å²) in [6, 6.07) is 13.6. The Bertz CT molecular complexity index is 805. The third-order valence-corrected chi connectivity index (χ3v) is 4.45. The summed E-state index contributed by atoms with van der Waals surface area (Å²) in [4.78, 5) is 23.9. The number of benzene rings is 2. The van der Waals surface area contributed by atoms with Gasteiger partial charge in [0, 0.05) is 23.4 Å². The predicted molar refractivity (Wildman–Crippen MR) is 109 cm³/mol. The van der Waals surface area contributed by atoms with Crippen LogP contribution < -0.4 is 10.1 Å². The number of para-hydroxylation sites is 1. The van der Waals surface area contributed by atoms with Gasteiger partial charge in [0.05, 0.1) is 6.61 Å². The van der Waals surface area contributed by atoms with Crippen LogP contribution in [0.2, 0.25) is 0 Å². The van der Waals surface area contributed by atoms with Gasteiger partial charge in [0.25, 0.3) is 0 Å². The molecular formula is C22H27NO6. The Morgan fingerprint density at radius 1 is 1.03 bits per heavy atom. The van der Waals surface area contributed by atoms with Gasteiger partial charge in [-0.25, -0.2) is 4.79 Å². The number of carbonyl (C=O) groups excluding carboxylic acids is 2. The van der Waals surface area contributed by atoms with E-state index < -0.39 is 12.2 Å². The Labute approximate surface area is 170 Å². The zero-order valence-electron chi connectivity index (χ0n) is 16.6. The number of ether oxygens (including phenoxy) is 2. The predicted octanol–water partition coefficient (Wildman–Crippen LogP) is 3.57. The van der Waals surface area contributed by atoms with E-state index in [0.717, 1.165) is 0 Å². The molecule has 7 heteroatoms. The molecule has 0 aliphatic heterocycles. The van der Waals surface area contributed by atoms with Crippen molar-refractivity contribution in [3.05, 3.63) is 59.7 Å². The normalized spacial score (nSPS) is 12.7. The fourth-order valence-electron chi connectivity index (χ4n) is 2.89. The molecule has 0 bridgehead atoms. The van der Waals surface area contributed by atoms with E-state index in [1.807, 2.05) is 13.0 Å². The van der Waals surface area contributed by atoms with Crippen LogP contribution in [0.5, 0.6) is 5.75 Å². The van der Waals surface area contributed by atoms with Crippen LogP contribution in [0.1, 0.15) is 42.3 Å². The molecule has 0 fully saturated rings. The Hall–Kier alpha value is -2.90. The molecule has 0 radical (unpaired) electrons. The first kappa shape index (κ1) is 22.4. The van der Waals surface area contributed by atoms with Crippen LogP contribution in [0, 0.1) is 5.92 Å². The zero-order valence-corrected chi connectivity index (χ0v) is 16.6. The highest BCUT2D eigenvalue weighted by atomic mass is 16.6. The summed E-state index contributed by atoms with van der Waals surface area (Å²) in [6.07, 6.45) is -0.888. The van der Waals surface area contributed by atoms with Crippen LogP contribution in [0.3, 0.4) is 0 Å². The number of ketones is 1. The van der Waals surface area contributed by atoms with E-state index >= 15 is 0 Å². The summed E-state index contributed by atoms with van der Waals surface area (Å²) in [7, 11) is 0. The van der Waals surface area contributed by atoms with E-state index in [9.17, 15) is 14.7 Å². The van der Waals surface area contributed by atoms with Crippen LogP contribution in [-0.4, -0.2) is 41.9 Å². The zero-order chi connectivity index (χ0) is 21.2. The van der Waals surface area contributed by atoms with E-state index in [-0.39, 0.29) is 31.5 Å². The molecule has 2 rings (SSSR count). The largest absolute Gasteiger partial charge is 0.491 e. The van der Waals surface area contributed by atoms with Crippen molar-refractivity contribution in [2.24, 2.45) is 5.92 Å². The smallest absolute Gasteiger partial charge is 0.412 e. The van der Waals surface area contributed by atoms with Gasteiger partial charge in [-0.2, -0.15) is 0 Å². The van der Waals surface area contributed by atoms with Crippen LogP contribution in [0.15, 0.2) is 48.5 Å². The topological polar surface area (TPSA) is 105 Å². The number of amides is 1. The molecule has 0 aliphatic carbocycles. The second-order valence-electron chi connectivity index (χ2n) is 6.68. The number of aliphatic hydroxyl groups excluding tert-OH is 2. The van der Waals surface area contributed by atoms with Gasteiger partial charge < -0.3 is 19.7 Å². The van der Waals surface area contributed by atoms with Gasteiger partial charge in [0.1, 0.15) is 18.5 Å². The summed E-state index contributed by atoms with van der Waals surface area (Å²) in [6.45, 7) is 3.28. The molecular weight excluding hydrogens is 374 g/mol. The van der Waals surface area contributed by atoms with Crippen molar-refractivity contribution < 1.29 is 29.3 Å². The first-order valence-corrected chi connectivity index (χ1v) is 9.48. The highest BCUT2D eigenvalue weighted by Gasteiger charge is 2.26. The van der Waals surface area contributed by atoms with Crippen molar-refractivity contribution in [3.8, 4) is 5.75 Å². The van der Waals surface area contributed by atoms with E-state index in [1.165, 1.54) is 6.92 Å². The molecule has 0 aliphatic rings. The number of rotatable bonds is 10. The Morgan fingerprint density at radius 3 is 2.34 bits per heavy atom. The number of nitrogens with one attached hydrogen (secondary N) is 1. The SMILES string of the molecule is CC(=O)c1ccc(NC(=O)O[C@H](c2ccccc2OCCO)[C@H](C)CCO)cc1. The summed E-state index contributed by atoms with van der Waals surface area (Å²) < 4.78 is 11.3. The maximum Gasteiger partial charge on any atom is 0.412 e. The van der Waals surface area contributed by atoms with Gasteiger partial charge in [0.15, 0.2) is 5.78 Å². The quantitative estimate of drug-likeness (QED) is 0.526. The van der Waals surface area contributed by atoms with Crippen molar-refractivity contribution >= 4 is 17.6 Å². The molecule has 0 aromatic heterocycles. The van der Waals surface area contributed by atoms with E-state index in [2.05, 4.69) is 5.32 Å². The first-order chi connectivity index (χ1) is 14.0. The molecule has 156 valence electrons. The Kier molecular flexibility index (Phi) is 8.64. The van der Waals surface area contributed by atoms with E-state index in [4.69, 9.17) is 14.6 Å². The van der Waals surface area contributed by atoms with Crippen LogP contribution >= 0.6 is 0 Å². The molecule has 2 aromatic rings. The highest BCUT2D eigenvalue weighted by Crippen LogP contribution is 2.35. The molecule has 1 amide bonds. The van der Waals surface area contributed by atoms with Crippen molar-refractivity contribution in [2.75, 3.05) is 25.1 Å². The van der Waals surface area contributed by atoms with E-state index in [0.29, 0.717) is 29.0 Å². The Morgan fingerprint density at radius 2 is 1.72 bits per heavy atom. The standard InChI is InChI=1S/C22H27NO6/c1-15(11-12-24)21(19-5-3-4-6-20(19)28-14-13-25)29-22(27)23-18-9-7-17(8-10-18)16(2)26/h3-10,15,21,24-25H,11-14H2,1-2H3,(H,23,27)/t15-,21+/m1/s1. The lowest BCUT2D eigenvalue weighted by atomic mass is 9.94. The maximum absolute atomic E-state index is 12.5. The Balaban J connectivity index is 2.18. The van der Waals surface area contributed by atoms with Crippen LogP contribution in [-0.2, 0) is 4.74 Å². The molecule has 2 aromatic carbocycles. The van der Waals surface area contributed by atoms with Crippen molar-refractivity contribution in [1.82, 2.24) is 0 Å². The van der Waals surface area contributed by atoms with Gasteiger partial charge in [-0.15, -0.1) is 0 Å². The minimum Gasteiger partial charge on any atom is -0.491 e. The maximum atomic E-state index is 12.5. The number of carbonyl (C=O) groups is 2. The summed E-state index contributed by atoms with van der Waals surface area (Å²) in [5.74, 6) is 0.274. The molecule has 0 saturated heterocycles. The molecule has 29 heavy (non-hydrogen) atoms. The van der Waals surface area contributed by atoms with Crippen molar-refractivity contribution in [1.29, 1.82) is 0 Å². The third-order valence-electron chi connectivity index (χ3n) is 4.45. The monoisotopic (exact) mass is 401 g/mol. The number of aliphatic hydroxyl groups is 2. The van der Waals surface area contributed by atoms with E-state index in [1.54, 1.807) is 42.5 Å². The lowest BCUT2D eigenvalue weighted by molar-refractivity contribution is 0.0641. The van der Waals surface area contributed by atoms with Gasteiger partial charge >= 0.3 is 6.09 Å². The lowest BCUT2D eigenvalue weighted by Gasteiger charge is -2.26. The average Bonchev–Trinajstić information content (AvgIpc) is 2.71. The number of hydrogen-bond acceptors (Lipinski definition) is 6. The molecule has 7 nitrogen and oxygen atoms in total. The number of anilines is 1. The molecule has 3 N–H and O–H groups in total. The third kappa shape index (κ3) is 6.58. The molecule has 2 atom stereocenters. The fraction of sp³-hybridized carbons (Fsp3) is 0.364. The summed E-state index contributed by atoms with van der Waals surface area (Å²) >= 11 is 0. The highest BCUT2D eigenvalue weighted by molar-refractivity contribution is 5.95.